The van der Waals surface area contributed by atoms with E-state index in [1.807, 2.05) is 0 Å². The van der Waals surface area contributed by atoms with Crippen LogP contribution in [-0.4, -0.2) is 17.3 Å². The second kappa shape index (κ2) is 1.50. The molecule has 0 aromatic rings. The highest BCUT2D eigenvalue weighted by atomic mass is 16.3. The molecular weight excluding hydrogens is 114 g/mol. The van der Waals surface area contributed by atoms with E-state index < -0.39 is 0 Å². The Labute approximate surface area is 55.1 Å². The lowest BCUT2D eigenvalue weighted by molar-refractivity contribution is 0.149. The Morgan fingerprint density at radius 2 is 2.11 bits per heavy atom. The molecule has 0 aromatic carbocycles. The number of aliphatic hydroxyl groups is 1. The Hall–Kier alpha value is -0.0800. The van der Waals surface area contributed by atoms with Gasteiger partial charge in [-0.15, -0.1) is 0 Å². The average molecular weight is 127 g/mol. The van der Waals surface area contributed by atoms with Crippen molar-refractivity contribution in [3.8, 4) is 0 Å². The fourth-order valence-electron chi connectivity index (χ4n) is 2.40. The summed E-state index contributed by atoms with van der Waals surface area (Å²) in [6.07, 6.45) is 0.750. The molecule has 0 amide bonds. The Balaban J connectivity index is 2.10. The summed E-state index contributed by atoms with van der Waals surface area (Å²) in [7, 11) is 0. The molecule has 52 valence electrons. The van der Waals surface area contributed by atoms with Crippen LogP contribution in [0.15, 0.2) is 0 Å². The number of rotatable bonds is 0. The fourth-order valence-corrected chi connectivity index (χ4v) is 2.40. The lowest BCUT2D eigenvalue weighted by Gasteiger charge is -2.08. The summed E-state index contributed by atoms with van der Waals surface area (Å²) in [6, 6.07) is 0.292. The van der Waals surface area contributed by atoms with Crippen LogP contribution >= 0.6 is 0 Å². The zero-order valence-corrected chi connectivity index (χ0v) is 5.62. The molecule has 0 radical (unpaired) electrons. The van der Waals surface area contributed by atoms with Gasteiger partial charge in [-0.1, -0.05) is 6.92 Å². The highest BCUT2D eigenvalue weighted by Gasteiger charge is 2.58. The van der Waals surface area contributed by atoms with E-state index in [9.17, 15) is 5.11 Å². The average Bonchev–Trinajstić information content (AvgIpc) is 2.30. The standard InChI is InChI=1S/C7H13NO/c1-3-6-4(8)2-5(9)7(3)6/h3-7,9H,2,8H2,1H3/t3-,4?,5+,6-,7+/m0/s1. The molecule has 1 unspecified atom stereocenters. The van der Waals surface area contributed by atoms with Gasteiger partial charge in [-0.3, -0.25) is 0 Å². The molecule has 0 aliphatic heterocycles. The molecule has 0 spiro atoms. The van der Waals surface area contributed by atoms with Gasteiger partial charge < -0.3 is 10.8 Å². The van der Waals surface area contributed by atoms with E-state index in [4.69, 9.17) is 5.73 Å². The lowest BCUT2D eigenvalue weighted by Crippen LogP contribution is -2.23. The first-order chi connectivity index (χ1) is 4.22. The molecule has 3 N–H and O–H groups in total. The van der Waals surface area contributed by atoms with E-state index in [1.54, 1.807) is 0 Å². The van der Waals surface area contributed by atoms with Crippen molar-refractivity contribution in [1.82, 2.24) is 0 Å². The molecule has 2 aliphatic carbocycles. The molecule has 2 rings (SSSR count). The maximum atomic E-state index is 9.30. The molecule has 2 heteroatoms. The summed E-state index contributed by atoms with van der Waals surface area (Å²) in [4.78, 5) is 0. The number of nitrogens with two attached hydrogens (primary N) is 1. The third kappa shape index (κ3) is 0.578. The third-order valence-corrected chi connectivity index (χ3v) is 2.97. The molecule has 0 bridgehead atoms. The zero-order valence-electron chi connectivity index (χ0n) is 5.62. The van der Waals surface area contributed by atoms with Crippen molar-refractivity contribution in [2.24, 2.45) is 23.5 Å². The third-order valence-electron chi connectivity index (χ3n) is 2.97. The monoisotopic (exact) mass is 127 g/mol. The number of hydrogen-bond donors (Lipinski definition) is 2. The van der Waals surface area contributed by atoms with Crippen LogP contribution in [0.25, 0.3) is 0 Å². The normalized spacial score (nSPS) is 63.7. The number of hydrogen-bond acceptors (Lipinski definition) is 2. The summed E-state index contributed by atoms with van der Waals surface area (Å²) in [5.74, 6) is 1.91. The minimum Gasteiger partial charge on any atom is -0.393 e. The number of aliphatic hydroxyl groups excluding tert-OH is 1. The van der Waals surface area contributed by atoms with E-state index in [-0.39, 0.29) is 6.10 Å². The van der Waals surface area contributed by atoms with Crippen LogP contribution in [0.1, 0.15) is 13.3 Å². The summed E-state index contributed by atoms with van der Waals surface area (Å²) < 4.78 is 0. The molecule has 2 aliphatic rings. The maximum Gasteiger partial charge on any atom is 0.0589 e. The molecule has 2 nitrogen and oxygen atoms in total. The molecule has 5 atom stereocenters. The molecule has 9 heavy (non-hydrogen) atoms. The van der Waals surface area contributed by atoms with Crippen molar-refractivity contribution >= 4 is 0 Å². The van der Waals surface area contributed by atoms with Gasteiger partial charge in [0, 0.05) is 6.04 Å². The second-order valence-electron chi connectivity index (χ2n) is 3.48. The quantitative estimate of drug-likeness (QED) is 0.479. The topological polar surface area (TPSA) is 46.2 Å². The Kier molecular flexibility index (Phi) is 0.945. The largest absolute Gasteiger partial charge is 0.393 e. The molecule has 0 aromatic heterocycles. The van der Waals surface area contributed by atoms with Gasteiger partial charge in [-0.25, -0.2) is 0 Å². The van der Waals surface area contributed by atoms with Crippen LogP contribution in [0, 0.1) is 17.8 Å². The minimum absolute atomic E-state index is 0.0833. The first-order valence-corrected chi connectivity index (χ1v) is 3.65. The van der Waals surface area contributed by atoms with Gasteiger partial charge in [0.05, 0.1) is 6.10 Å². The van der Waals surface area contributed by atoms with Crippen molar-refractivity contribution < 1.29 is 5.11 Å². The van der Waals surface area contributed by atoms with Gasteiger partial charge in [-0.05, 0) is 24.2 Å². The van der Waals surface area contributed by atoms with Crippen molar-refractivity contribution in [2.45, 2.75) is 25.5 Å². The van der Waals surface area contributed by atoms with E-state index in [2.05, 4.69) is 6.92 Å². The van der Waals surface area contributed by atoms with Crippen molar-refractivity contribution in [2.75, 3.05) is 0 Å². The highest BCUT2D eigenvalue weighted by Crippen LogP contribution is 2.56. The maximum absolute atomic E-state index is 9.30. The Morgan fingerprint density at radius 3 is 2.33 bits per heavy atom. The first kappa shape index (κ1) is 5.69. The summed E-state index contributed by atoms with van der Waals surface area (Å²) >= 11 is 0. The summed E-state index contributed by atoms with van der Waals surface area (Å²) in [5, 5.41) is 9.30. The minimum atomic E-state index is -0.0833. The summed E-state index contributed by atoms with van der Waals surface area (Å²) in [6.45, 7) is 2.18. The van der Waals surface area contributed by atoms with Crippen LogP contribution in [0.4, 0.5) is 0 Å². The van der Waals surface area contributed by atoms with Gasteiger partial charge in [-0.2, -0.15) is 0 Å². The van der Waals surface area contributed by atoms with Gasteiger partial charge in [0.15, 0.2) is 0 Å². The van der Waals surface area contributed by atoms with Gasteiger partial charge in [0.25, 0.3) is 0 Å². The SMILES string of the molecule is C[C@H]1[C@H]2C(N)C[C@@H](O)[C@@H]12. The molecule has 2 fully saturated rings. The van der Waals surface area contributed by atoms with Crippen molar-refractivity contribution in [3.63, 3.8) is 0 Å². The van der Waals surface area contributed by atoms with E-state index in [1.165, 1.54) is 0 Å². The highest BCUT2D eigenvalue weighted by molar-refractivity contribution is 5.09. The van der Waals surface area contributed by atoms with Crippen LogP contribution in [0.2, 0.25) is 0 Å². The molecule has 2 saturated carbocycles. The van der Waals surface area contributed by atoms with Crippen molar-refractivity contribution in [3.05, 3.63) is 0 Å². The van der Waals surface area contributed by atoms with Crippen molar-refractivity contribution in [1.29, 1.82) is 0 Å². The Morgan fingerprint density at radius 1 is 1.44 bits per heavy atom. The van der Waals surface area contributed by atoms with Crippen LogP contribution < -0.4 is 5.73 Å². The zero-order chi connectivity index (χ0) is 6.59. The van der Waals surface area contributed by atoms with E-state index >= 15 is 0 Å². The van der Waals surface area contributed by atoms with Gasteiger partial charge >= 0.3 is 0 Å². The fraction of sp³-hybridized carbons (Fsp3) is 1.00. The van der Waals surface area contributed by atoms with Crippen LogP contribution in [0.3, 0.4) is 0 Å². The Bertz CT molecular complexity index is 123. The molecule has 0 saturated heterocycles. The predicted molar refractivity (Wildman–Crippen MR) is 34.7 cm³/mol. The van der Waals surface area contributed by atoms with Crippen LogP contribution in [-0.2, 0) is 0 Å². The van der Waals surface area contributed by atoms with Gasteiger partial charge in [0.1, 0.15) is 0 Å². The smallest absolute Gasteiger partial charge is 0.0589 e. The molecule has 0 heterocycles. The van der Waals surface area contributed by atoms with Gasteiger partial charge in [0.2, 0.25) is 0 Å². The number of fused-ring (bicyclic) bond motifs is 1. The predicted octanol–water partition coefficient (Wildman–Crippen LogP) is -0.0396. The lowest BCUT2D eigenvalue weighted by atomic mass is 10.1. The molecular formula is C7H13NO. The first-order valence-electron chi connectivity index (χ1n) is 3.65. The van der Waals surface area contributed by atoms with E-state index in [0.717, 1.165) is 6.42 Å². The summed E-state index contributed by atoms with van der Waals surface area (Å²) in [5.41, 5.74) is 5.74. The van der Waals surface area contributed by atoms with E-state index in [0.29, 0.717) is 23.8 Å². The second-order valence-corrected chi connectivity index (χ2v) is 3.48. The van der Waals surface area contributed by atoms with Crippen LogP contribution in [0.5, 0.6) is 0 Å².